The van der Waals surface area contributed by atoms with E-state index >= 15 is 0 Å². The van der Waals surface area contributed by atoms with Crippen LogP contribution in [-0.4, -0.2) is 13.2 Å². The van der Waals surface area contributed by atoms with Gasteiger partial charge >= 0.3 is 0 Å². The number of terminal acetylenes is 1. The summed E-state index contributed by atoms with van der Waals surface area (Å²) in [4.78, 5) is 0. The van der Waals surface area contributed by atoms with Gasteiger partial charge in [0.15, 0.2) is 0 Å². The van der Waals surface area contributed by atoms with E-state index in [0.29, 0.717) is 6.04 Å². The highest BCUT2D eigenvalue weighted by molar-refractivity contribution is 5.38. The lowest BCUT2D eigenvalue weighted by Gasteiger charge is -2.27. The summed E-state index contributed by atoms with van der Waals surface area (Å²) in [5, 5.41) is 3.60. The van der Waals surface area contributed by atoms with Gasteiger partial charge in [0.2, 0.25) is 0 Å². The molecule has 2 aromatic rings. The highest BCUT2D eigenvalue weighted by atomic mass is 16.5. The second-order valence-electron chi connectivity index (χ2n) is 5.21. The fraction of sp³-hybridized carbons (Fsp3) is 0.263. The van der Waals surface area contributed by atoms with Crippen LogP contribution in [0.5, 0.6) is 11.5 Å². The van der Waals surface area contributed by atoms with Gasteiger partial charge in [-0.1, -0.05) is 42.3 Å². The molecule has 0 amide bonds. The van der Waals surface area contributed by atoms with E-state index in [1.165, 1.54) is 5.56 Å². The molecule has 0 saturated carbocycles. The zero-order valence-corrected chi connectivity index (χ0v) is 12.4. The quantitative estimate of drug-likeness (QED) is 0.858. The second-order valence-corrected chi connectivity index (χ2v) is 5.21. The molecule has 0 radical (unpaired) electrons. The van der Waals surface area contributed by atoms with Crippen molar-refractivity contribution in [1.82, 2.24) is 5.32 Å². The van der Waals surface area contributed by atoms with Crippen LogP contribution in [0.15, 0.2) is 48.5 Å². The molecule has 2 aromatic carbocycles. The van der Waals surface area contributed by atoms with Crippen LogP contribution in [0.25, 0.3) is 0 Å². The number of fused-ring (bicyclic) bond motifs is 1. The van der Waals surface area contributed by atoms with Crippen LogP contribution >= 0.6 is 0 Å². The molecule has 1 atom stereocenters. The van der Waals surface area contributed by atoms with Gasteiger partial charge in [0.25, 0.3) is 0 Å². The third-order valence-corrected chi connectivity index (χ3v) is 3.78. The van der Waals surface area contributed by atoms with E-state index in [1.54, 1.807) is 0 Å². The van der Waals surface area contributed by atoms with Crippen molar-refractivity contribution in [3.05, 3.63) is 59.7 Å². The van der Waals surface area contributed by atoms with Crippen molar-refractivity contribution in [1.29, 1.82) is 0 Å². The van der Waals surface area contributed by atoms with Crippen molar-refractivity contribution >= 4 is 0 Å². The van der Waals surface area contributed by atoms with Gasteiger partial charge in [-0.3, -0.25) is 0 Å². The van der Waals surface area contributed by atoms with Crippen LogP contribution < -0.4 is 14.8 Å². The zero-order chi connectivity index (χ0) is 15.2. The summed E-state index contributed by atoms with van der Waals surface area (Å²) in [6.07, 6.45) is 6.23. The van der Waals surface area contributed by atoms with Gasteiger partial charge in [0, 0.05) is 30.1 Å². The van der Waals surface area contributed by atoms with Gasteiger partial charge in [0.1, 0.15) is 18.1 Å². The summed E-state index contributed by atoms with van der Waals surface area (Å²) in [6.45, 7) is 1.76. The molecule has 22 heavy (non-hydrogen) atoms. The number of hydrogen-bond donors (Lipinski definition) is 1. The molecule has 3 heteroatoms. The van der Waals surface area contributed by atoms with Crippen LogP contribution in [0.2, 0.25) is 0 Å². The summed E-state index contributed by atoms with van der Waals surface area (Å²) < 4.78 is 11.3. The minimum absolute atomic E-state index is 0.289. The van der Waals surface area contributed by atoms with Crippen molar-refractivity contribution in [2.45, 2.75) is 19.0 Å². The van der Waals surface area contributed by atoms with Crippen molar-refractivity contribution in [3.63, 3.8) is 0 Å². The summed E-state index contributed by atoms with van der Waals surface area (Å²) in [6, 6.07) is 16.5. The molecule has 1 N–H and O–H groups in total. The summed E-state index contributed by atoms with van der Waals surface area (Å²) in [7, 11) is 0. The minimum atomic E-state index is 0.289. The molecule has 1 heterocycles. The summed E-state index contributed by atoms with van der Waals surface area (Å²) >= 11 is 0. The highest BCUT2D eigenvalue weighted by Crippen LogP contribution is 2.32. The molecule has 3 nitrogen and oxygen atoms in total. The lowest BCUT2D eigenvalue weighted by Crippen LogP contribution is -2.26. The van der Waals surface area contributed by atoms with Crippen LogP contribution in [0.3, 0.4) is 0 Å². The van der Waals surface area contributed by atoms with Gasteiger partial charge in [-0.15, -0.1) is 6.42 Å². The van der Waals surface area contributed by atoms with Crippen LogP contribution in [0.4, 0.5) is 0 Å². The highest BCUT2D eigenvalue weighted by Gasteiger charge is 2.20. The SMILES string of the molecule is C#CCOc1ccccc1CNC1CCOc2ccccc21. The second kappa shape index (κ2) is 7.02. The minimum Gasteiger partial charge on any atom is -0.493 e. The molecule has 1 aliphatic heterocycles. The van der Waals surface area contributed by atoms with Crippen molar-refractivity contribution < 1.29 is 9.47 Å². The molecule has 1 aliphatic rings. The molecule has 0 fully saturated rings. The molecule has 0 bridgehead atoms. The van der Waals surface area contributed by atoms with Crippen LogP contribution in [-0.2, 0) is 6.54 Å². The maximum absolute atomic E-state index is 5.70. The molecule has 0 aromatic heterocycles. The Hall–Kier alpha value is -2.44. The van der Waals surface area contributed by atoms with Crippen LogP contribution in [0, 0.1) is 12.3 Å². The van der Waals surface area contributed by atoms with Gasteiger partial charge in [-0.2, -0.15) is 0 Å². The van der Waals surface area contributed by atoms with E-state index < -0.39 is 0 Å². The largest absolute Gasteiger partial charge is 0.493 e. The Morgan fingerprint density at radius 2 is 2.00 bits per heavy atom. The number of ether oxygens (including phenoxy) is 2. The summed E-state index contributed by atoms with van der Waals surface area (Å²) in [5.74, 6) is 4.32. The van der Waals surface area contributed by atoms with E-state index in [1.807, 2.05) is 36.4 Å². The normalized spacial score (nSPS) is 16.2. The van der Waals surface area contributed by atoms with E-state index in [4.69, 9.17) is 15.9 Å². The Bertz CT molecular complexity index is 675. The number of rotatable bonds is 5. The van der Waals surface area contributed by atoms with E-state index in [0.717, 1.165) is 36.6 Å². The average molecular weight is 293 g/mol. The molecule has 0 spiro atoms. The maximum atomic E-state index is 5.70. The number of hydrogen-bond acceptors (Lipinski definition) is 3. The standard InChI is InChI=1S/C19H19NO2/c1-2-12-21-18-9-5-3-7-15(18)14-20-17-11-13-22-19-10-6-4-8-16(17)19/h1,3-10,17,20H,11-14H2. The topological polar surface area (TPSA) is 30.5 Å². The number of nitrogens with one attached hydrogen (secondary N) is 1. The molecule has 3 rings (SSSR count). The Labute approximate surface area is 131 Å². The van der Waals surface area contributed by atoms with Gasteiger partial charge in [0.05, 0.1) is 6.61 Å². The Morgan fingerprint density at radius 3 is 2.91 bits per heavy atom. The van der Waals surface area contributed by atoms with Gasteiger partial charge < -0.3 is 14.8 Å². The van der Waals surface area contributed by atoms with Crippen molar-refractivity contribution in [2.75, 3.05) is 13.2 Å². The van der Waals surface area contributed by atoms with Crippen molar-refractivity contribution in [2.24, 2.45) is 0 Å². The fourth-order valence-corrected chi connectivity index (χ4v) is 2.70. The Balaban J connectivity index is 1.70. The third-order valence-electron chi connectivity index (χ3n) is 3.78. The van der Waals surface area contributed by atoms with E-state index in [2.05, 4.69) is 23.4 Å². The lowest BCUT2D eigenvalue weighted by molar-refractivity contribution is 0.251. The molecular formula is C19H19NO2. The summed E-state index contributed by atoms with van der Waals surface area (Å²) in [5.41, 5.74) is 2.33. The first-order valence-corrected chi connectivity index (χ1v) is 7.48. The zero-order valence-electron chi connectivity index (χ0n) is 12.4. The predicted octanol–water partition coefficient (Wildman–Crippen LogP) is 3.31. The van der Waals surface area contributed by atoms with Crippen LogP contribution in [0.1, 0.15) is 23.6 Å². The average Bonchev–Trinajstić information content (AvgIpc) is 2.59. The number of benzene rings is 2. The van der Waals surface area contributed by atoms with Gasteiger partial charge in [-0.25, -0.2) is 0 Å². The number of para-hydroxylation sites is 2. The van der Waals surface area contributed by atoms with E-state index in [-0.39, 0.29) is 6.61 Å². The monoisotopic (exact) mass is 293 g/mol. The van der Waals surface area contributed by atoms with Gasteiger partial charge in [-0.05, 0) is 12.1 Å². The lowest BCUT2D eigenvalue weighted by atomic mass is 10.0. The van der Waals surface area contributed by atoms with E-state index in [9.17, 15) is 0 Å². The smallest absolute Gasteiger partial charge is 0.148 e. The molecule has 1 unspecified atom stereocenters. The predicted molar refractivity (Wildman–Crippen MR) is 86.9 cm³/mol. The molecule has 0 aliphatic carbocycles. The molecule has 112 valence electrons. The molecule has 0 saturated heterocycles. The maximum Gasteiger partial charge on any atom is 0.148 e. The first-order chi connectivity index (χ1) is 10.9. The molecular weight excluding hydrogens is 274 g/mol. The first kappa shape index (κ1) is 14.5. The third kappa shape index (κ3) is 3.24. The van der Waals surface area contributed by atoms with Crippen molar-refractivity contribution in [3.8, 4) is 23.8 Å². The Morgan fingerprint density at radius 1 is 1.18 bits per heavy atom. The first-order valence-electron chi connectivity index (χ1n) is 7.48. The fourth-order valence-electron chi connectivity index (χ4n) is 2.70. The Kier molecular flexibility index (Phi) is 4.62.